The summed E-state index contributed by atoms with van der Waals surface area (Å²) >= 11 is 6.07. The topological polar surface area (TPSA) is 87.2 Å². The number of halogens is 4. The van der Waals surface area contributed by atoms with Crippen LogP contribution < -0.4 is 15.5 Å². The van der Waals surface area contributed by atoms with Crippen molar-refractivity contribution in [2.45, 2.75) is 38.9 Å². The molecule has 1 unspecified atom stereocenters. The standard InChI is InChI=1S/C21H23ClF3N5O2/c1-12(2)19(31)29-17-8-13(5-6-26-17)20(32)28-15-4-3-7-30(11-15)18-16(22)9-14(10-27-18)21(23,24)25/h5-6,8-10,12,15H,3-4,7,11H2,1-2H3,(H,28,32)(H,26,29,31). The normalized spacial score (nSPS) is 16.7. The summed E-state index contributed by atoms with van der Waals surface area (Å²) in [5.74, 6) is -0.249. The second kappa shape index (κ2) is 9.72. The number of aromatic nitrogens is 2. The Kier molecular flexibility index (Phi) is 7.22. The Hall–Kier alpha value is -2.88. The van der Waals surface area contributed by atoms with Gasteiger partial charge < -0.3 is 15.5 Å². The molecule has 0 aromatic carbocycles. The van der Waals surface area contributed by atoms with E-state index in [-0.39, 0.29) is 40.4 Å². The zero-order chi connectivity index (χ0) is 23.5. The Morgan fingerprint density at radius 2 is 2.00 bits per heavy atom. The minimum absolute atomic E-state index is 0.0912. The van der Waals surface area contributed by atoms with Crippen molar-refractivity contribution in [3.8, 4) is 0 Å². The molecule has 2 aromatic heterocycles. The Morgan fingerprint density at radius 1 is 1.25 bits per heavy atom. The van der Waals surface area contributed by atoms with Crippen LogP contribution in [0.1, 0.15) is 42.6 Å². The van der Waals surface area contributed by atoms with Crippen LogP contribution in [-0.2, 0) is 11.0 Å². The molecule has 0 radical (unpaired) electrons. The van der Waals surface area contributed by atoms with Gasteiger partial charge in [-0.2, -0.15) is 13.2 Å². The molecule has 32 heavy (non-hydrogen) atoms. The summed E-state index contributed by atoms with van der Waals surface area (Å²) in [6, 6.07) is 3.63. The number of anilines is 2. The van der Waals surface area contributed by atoms with Crippen molar-refractivity contribution in [3.63, 3.8) is 0 Å². The van der Waals surface area contributed by atoms with Crippen molar-refractivity contribution in [3.05, 3.63) is 46.7 Å². The lowest BCUT2D eigenvalue weighted by Gasteiger charge is -2.34. The molecule has 2 aromatic rings. The summed E-state index contributed by atoms with van der Waals surface area (Å²) in [5, 5.41) is 5.48. The maximum Gasteiger partial charge on any atom is 0.417 e. The highest BCUT2D eigenvalue weighted by Crippen LogP contribution is 2.34. The van der Waals surface area contributed by atoms with Gasteiger partial charge in [-0.15, -0.1) is 0 Å². The van der Waals surface area contributed by atoms with Crippen molar-refractivity contribution in [1.29, 1.82) is 0 Å². The predicted molar refractivity (Wildman–Crippen MR) is 115 cm³/mol. The lowest BCUT2D eigenvalue weighted by atomic mass is 10.0. The lowest BCUT2D eigenvalue weighted by Crippen LogP contribution is -2.48. The Labute approximate surface area is 188 Å². The van der Waals surface area contributed by atoms with Crippen molar-refractivity contribution >= 4 is 35.1 Å². The molecule has 0 saturated carbocycles. The highest BCUT2D eigenvalue weighted by molar-refractivity contribution is 6.33. The molecule has 1 aliphatic heterocycles. The van der Waals surface area contributed by atoms with E-state index in [0.717, 1.165) is 12.3 Å². The van der Waals surface area contributed by atoms with E-state index in [0.29, 0.717) is 31.5 Å². The Bertz CT molecular complexity index is 1000. The van der Waals surface area contributed by atoms with Gasteiger partial charge in [0.15, 0.2) is 0 Å². The van der Waals surface area contributed by atoms with Gasteiger partial charge in [-0.25, -0.2) is 9.97 Å². The third-order valence-electron chi connectivity index (χ3n) is 5.00. The molecule has 0 spiro atoms. The van der Waals surface area contributed by atoms with E-state index in [1.165, 1.54) is 18.3 Å². The molecule has 2 N–H and O–H groups in total. The predicted octanol–water partition coefficient (Wildman–Crippen LogP) is 4.14. The van der Waals surface area contributed by atoms with E-state index in [4.69, 9.17) is 11.6 Å². The first-order valence-electron chi connectivity index (χ1n) is 10.1. The average molecular weight is 470 g/mol. The minimum atomic E-state index is -4.52. The molecule has 1 saturated heterocycles. The summed E-state index contributed by atoms with van der Waals surface area (Å²) in [7, 11) is 0. The van der Waals surface area contributed by atoms with E-state index in [1.807, 2.05) is 0 Å². The third kappa shape index (κ3) is 5.87. The third-order valence-corrected chi connectivity index (χ3v) is 5.28. The SMILES string of the molecule is CC(C)C(=O)Nc1cc(C(=O)NC2CCCN(c3ncc(C(F)(F)F)cc3Cl)C2)ccn1. The van der Waals surface area contributed by atoms with Gasteiger partial charge in [-0.3, -0.25) is 9.59 Å². The molecule has 2 amide bonds. The maximum atomic E-state index is 12.9. The monoisotopic (exact) mass is 469 g/mol. The number of carbonyl (C=O) groups excluding carboxylic acids is 2. The van der Waals surface area contributed by atoms with Crippen molar-refractivity contribution in [1.82, 2.24) is 15.3 Å². The molecule has 0 aliphatic carbocycles. The van der Waals surface area contributed by atoms with Crippen LogP contribution >= 0.6 is 11.6 Å². The van der Waals surface area contributed by atoms with Gasteiger partial charge in [0.05, 0.1) is 10.6 Å². The van der Waals surface area contributed by atoms with Gasteiger partial charge in [0.25, 0.3) is 5.91 Å². The number of carbonyl (C=O) groups is 2. The molecule has 172 valence electrons. The molecule has 0 bridgehead atoms. The van der Waals surface area contributed by atoms with Gasteiger partial charge >= 0.3 is 6.18 Å². The molecule has 11 heteroatoms. The number of hydrogen-bond acceptors (Lipinski definition) is 5. The zero-order valence-electron chi connectivity index (χ0n) is 17.5. The van der Waals surface area contributed by atoms with Crippen molar-refractivity contribution < 1.29 is 22.8 Å². The number of nitrogens with zero attached hydrogens (tertiary/aromatic N) is 3. The maximum absolute atomic E-state index is 12.9. The van der Waals surface area contributed by atoms with Gasteiger partial charge in [0.1, 0.15) is 11.6 Å². The molecule has 1 fully saturated rings. The molecule has 1 aliphatic rings. The summed E-state index contributed by atoms with van der Waals surface area (Å²) in [5.41, 5.74) is -0.576. The van der Waals surface area contributed by atoms with Gasteiger partial charge in [0, 0.05) is 43.0 Å². The fourth-order valence-corrected chi connectivity index (χ4v) is 3.57. The molecular weight excluding hydrogens is 447 g/mol. The molecular formula is C21H23ClF3N5O2. The van der Waals surface area contributed by atoms with Crippen LogP contribution in [0.25, 0.3) is 0 Å². The van der Waals surface area contributed by atoms with E-state index in [1.54, 1.807) is 18.7 Å². The number of piperidine rings is 1. The van der Waals surface area contributed by atoms with E-state index in [2.05, 4.69) is 20.6 Å². The molecule has 7 nitrogen and oxygen atoms in total. The van der Waals surface area contributed by atoms with Gasteiger partial charge in [-0.05, 0) is 31.0 Å². The van der Waals surface area contributed by atoms with E-state index < -0.39 is 11.7 Å². The van der Waals surface area contributed by atoms with Gasteiger partial charge in [-0.1, -0.05) is 25.4 Å². The molecule has 3 rings (SSSR count). The van der Waals surface area contributed by atoms with Crippen LogP contribution in [0.2, 0.25) is 5.02 Å². The second-order valence-electron chi connectivity index (χ2n) is 7.86. The van der Waals surface area contributed by atoms with Crippen molar-refractivity contribution in [2.75, 3.05) is 23.3 Å². The number of hydrogen-bond donors (Lipinski definition) is 2. The summed E-state index contributed by atoms with van der Waals surface area (Å²) in [4.78, 5) is 34.3. The van der Waals surface area contributed by atoms with Crippen LogP contribution in [0.5, 0.6) is 0 Å². The van der Waals surface area contributed by atoms with Crippen LogP contribution in [0, 0.1) is 5.92 Å². The van der Waals surface area contributed by atoms with Crippen LogP contribution in [-0.4, -0.2) is 40.9 Å². The second-order valence-corrected chi connectivity index (χ2v) is 8.27. The van der Waals surface area contributed by atoms with Crippen LogP contribution in [0.4, 0.5) is 24.8 Å². The average Bonchev–Trinajstić information content (AvgIpc) is 2.73. The van der Waals surface area contributed by atoms with E-state index in [9.17, 15) is 22.8 Å². The molecule has 3 heterocycles. The van der Waals surface area contributed by atoms with Crippen LogP contribution in [0.15, 0.2) is 30.6 Å². The number of alkyl halides is 3. The zero-order valence-corrected chi connectivity index (χ0v) is 18.3. The summed E-state index contributed by atoms with van der Waals surface area (Å²) in [6.45, 7) is 4.41. The van der Waals surface area contributed by atoms with Crippen molar-refractivity contribution in [2.24, 2.45) is 5.92 Å². The smallest absolute Gasteiger partial charge is 0.353 e. The number of pyridine rings is 2. The number of nitrogens with one attached hydrogen (secondary N) is 2. The quantitative estimate of drug-likeness (QED) is 0.687. The first-order chi connectivity index (χ1) is 15.0. The first-order valence-corrected chi connectivity index (χ1v) is 10.5. The first kappa shape index (κ1) is 23.8. The number of rotatable bonds is 5. The highest BCUT2D eigenvalue weighted by atomic mass is 35.5. The summed E-state index contributed by atoms with van der Waals surface area (Å²) in [6.07, 6.45) is -0.929. The highest BCUT2D eigenvalue weighted by Gasteiger charge is 2.32. The lowest BCUT2D eigenvalue weighted by molar-refractivity contribution is -0.137. The van der Waals surface area contributed by atoms with E-state index >= 15 is 0 Å². The fraction of sp³-hybridized carbons (Fsp3) is 0.429. The largest absolute Gasteiger partial charge is 0.417 e. The Balaban J connectivity index is 1.66. The summed E-state index contributed by atoms with van der Waals surface area (Å²) < 4.78 is 38.6. The van der Waals surface area contributed by atoms with Gasteiger partial charge in [0.2, 0.25) is 5.91 Å². The van der Waals surface area contributed by atoms with Crippen LogP contribution in [0.3, 0.4) is 0 Å². The fourth-order valence-electron chi connectivity index (χ4n) is 3.29. The minimum Gasteiger partial charge on any atom is -0.353 e. The number of amides is 2. The molecule has 1 atom stereocenters. The Morgan fingerprint density at radius 3 is 2.66 bits per heavy atom.